The lowest BCUT2D eigenvalue weighted by molar-refractivity contribution is 0.00578. The predicted octanol–water partition coefficient (Wildman–Crippen LogP) is 0.835. The van der Waals surface area contributed by atoms with Gasteiger partial charge in [0.1, 0.15) is 5.82 Å². The van der Waals surface area contributed by atoms with E-state index in [1.165, 1.54) is 6.20 Å². The van der Waals surface area contributed by atoms with Crippen molar-refractivity contribution in [3.05, 3.63) is 17.8 Å². The Morgan fingerprint density at radius 1 is 1.28 bits per heavy atom. The number of aromatic nitrogens is 1. The quantitative estimate of drug-likeness (QED) is 0.741. The van der Waals surface area contributed by atoms with E-state index in [1.807, 2.05) is 27.7 Å². The Morgan fingerprint density at radius 3 is 2.33 bits per heavy atom. The monoisotopic (exact) mass is 245 g/mol. The zero-order valence-corrected chi connectivity index (χ0v) is 11.0. The third kappa shape index (κ3) is 1.86. The number of nitrogens with zero attached hydrogens (tertiary/aromatic N) is 2. The van der Waals surface area contributed by atoms with Crippen molar-refractivity contribution >= 4 is 18.4 Å². The minimum Gasteiger partial charge on any atom is -0.399 e. The molecule has 2 N–H and O–H groups in total. The molecule has 0 bridgehead atoms. The van der Waals surface area contributed by atoms with Gasteiger partial charge in [-0.2, -0.15) is 5.26 Å². The summed E-state index contributed by atoms with van der Waals surface area (Å²) in [6.07, 6.45) is 1.50. The first-order valence-corrected chi connectivity index (χ1v) is 5.78. The van der Waals surface area contributed by atoms with E-state index in [0.717, 1.165) is 0 Å². The molecule has 2 heterocycles. The highest BCUT2D eigenvalue weighted by molar-refractivity contribution is 6.64. The molecule has 6 heteroatoms. The molecule has 94 valence electrons. The van der Waals surface area contributed by atoms with Crippen molar-refractivity contribution in [3.8, 4) is 6.07 Å². The normalized spacial score (nSPS) is 20.7. The van der Waals surface area contributed by atoms with Crippen molar-refractivity contribution < 1.29 is 9.31 Å². The van der Waals surface area contributed by atoms with Crippen molar-refractivity contribution in [3.63, 3.8) is 0 Å². The van der Waals surface area contributed by atoms with Gasteiger partial charge in [-0.15, -0.1) is 0 Å². The van der Waals surface area contributed by atoms with Crippen LogP contribution in [0.4, 0.5) is 5.82 Å². The lowest BCUT2D eigenvalue weighted by Crippen LogP contribution is -2.41. The molecule has 1 aliphatic rings. The second kappa shape index (κ2) is 3.97. The van der Waals surface area contributed by atoms with Gasteiger partial charge in [-0.25, -0.2) is 4.98 Å². The van der Waals surface area contributed by atoms with E-state index in [4.69, 9.17) is 20.3 Å². The zero-order valence-electron chi connectivity index (χ0n) is 11.0. The molecule has 0 amide bonds. The number of hydrogen-bond acceptors (Lipinski definition) is 5. The van der Waals surface area contributed by atoms with Crippen LogP contribution in [0.15, 0.2) is 12.3 Å². The summed E-state index contributed by atoms with van der Waals surface area (Å²) in [5, 5.41) is 9.12. The Kier molecular flexibility index (Phi) is 2.84. The van der Waals surface area contributed by atoms with Gasteiger partial charge in [-0.3, -0.25) is 0 Å². The highest BCUT2D eigenvalue weighted by atomic mass is 16.7. The topological polar surface area (TPSA) is 81.2 Å². The molecule has 2 rings (SSSR count). The van der Waals surface area contributed by atoms with Gasteiger partial charge < -0.3 is 15.0 Å². The molecule has 0 spiro atoms. The Hall–Kier alpha value is -1.58. The minimum absolute atomic E-state index is 0.271. The SMILES string of the molecule is CC1(C)OB(c2c(C#N)ccnc2N)OC1(C)C. The number of pyridine rings is 1. The van der Waals surface area contributed by atoms with Gasteiger partial charge in [-0.05, 0) is 33.8 Å². The standard InChI is InChI=1S/C12H16BN3O2/c1-11(2)12(3,4)18-13(17-11)9-8(7-14)5-6-16-10(9)15/h5-6H,1-4H3,(H2,15,16). The first-order valence-electron chi connectivity index (χ1n) is 5.78. The molecule has 0 unspecified atom stereocenters. The molecular formula is C12H16BN3O2. The molecule has 5 nitrogen and oxygen atoms in total. The Morgan fingerprint density at radius 2 is 1.83 bits per heavy atom. The molecule has 1 aliphatic heterocycles. The Balaban J connectivity index is 2.45. The first kappa shape index (κ1) is 12.9. The highest BCUT2D eigenvalue weighted by Crippen LogP contribution is 2.36. The minimum atomic E-state index is -0.654. The lowest BCUT2D eigenvalue weighted by atomic mass is 9.76. The summed E-state index contributed by atoms with van der Waals surface area (Å²) in [4.78, 5) is 3.99. The van der Waals surface area contributed by atoms with E-state index < -0.39 is 18.3 Å². The number of nitrogen functional groups attached to an aromatic ring is 1. The van der Waals surface area contributed by atoms with Gasteiger partial charge >= 0.3 is 7.12 Å². The summed E-state index contributed by atoms with van der Waals surface area (Å²) in [5.74, 6) is 0.271. The maximum atomic E-state index is 9.12. The molecule has 0 aromatic carbocycles. The fraction of sp³-hybridized carbons (Fsp3) is 0.500. The average molecular weight is 245 g/mol. The second-order valence-corrected chi connectivity index (χ2v) is 5.36. The number of hydrogen-bond donors (Lipinski definition) is 1. The van der Waals surface area contributed by atoms with Crippen LogP contribution in [0.3, 0.4) is 0 Å². The lowest BCUT2D eigenvalue weighted by Gasteiger charge is -2.32. The third-order valence-corrected chi connectivity index (χ3v) is 3.63. The van der Waals surface area contributed by atoms with E-state index in [0.29, 0.717) is 11.0 Å². The predicted molar refractivity (Wildman–Crippen MR) is 69.1 cm³/mol. The van der Waals surface area contributed by atoms with Crippen LogP contribution in [0.2, 0.25) is 0 Å². The van der Waals surface area contributed by atoms with Crippen molar-refractivity contribution in [2.45, 2.75) is 38.9 Å². The summed E-state index contributed by atoms with van der Waals surface area (Å²) < 4.78 is 11.8. The van der Waals surface area contributed by atoms with Crippen molar-refractivity contribution in [2.24, 2.45) is 0 Å². The molecule has 1 aromatic heterocycles. The summed E-state index contributed by atoms with van der Waals surface area (Å²) >= 11 is 0. The van der Waals surface area contributed by atoms with Crippen molar-refractivity contribution in [1.29, 1.82) is 5.26 Å². The second-order valence-electron chi connectivity index (χ2n) is 5.36. The molecule has 18 heavy (non-hydrogen) atoms. The van der Waals surface area contributed by atoms with Crippen LogP contribution >= 0.6 is 0 Å². The fourth-order valence-corrected chi connectivity index (χ4v) is 1.80. The van der Waals surface area contributed by atoms with E-state index in [2.05, 4.69) is 11.1 Å². The van der Waals surface area contributed by atoms with E-state index in [1.54, 1.807) is 6.07 Å². The van der Waals surface area contributed by atoms with Crippen molar-refractivity contribution in [2.75, 3.05) is 5.73 Å². The van der Waals surface area contributed by atoms with Gasteiger partial charge in [0.2, 0.25) is 0 Å². The van der Waals surface area contributed by atoms with Gasteiger partial charge in [0.05, 0.1) is 22.8 Å². The third-order valence-electron chi connectivity index (χ3n) is 3.63. The van der Waals surface area contributed by atoms with Gasteiger partial charge in [0.25, 0.3) is 0 Å². The van der Waals surface area contributed by atoms with Crippen LogP contribution in [0.25, 0.3) is 0 Å². The average Bonchev–Trinajstić information content (AvgIpc) is 2.47. The van der Waals surface area contributed by atoms with Crippen LogP contribution in [-0.2, 0) is 9.31 Å². The van der Waals surface area contributed by atoms with Gasteiger partial charge in [-0.1, -0.05) is 0 Å². The van der Waals surface area contributed by atoms with Crippen molar-refractivity contribution in [1.82, 2.24) is 4.98 Å². The molecule has 0 saturated carbocycles. The van der Waals surface area contributed by atoms with Crippen LogP contribution in [0.1, 0.15) is 33.3 Å². The van der Waals surface area contributed by atoms with E-state index >= 15 is 0 Å². The van der Waals surface area contributed by atoms with Crippen LogP contribution in [0.5, 0.6) is 0 Å². The molecule has 1 aromatic rings. The van der Waals surface area contributed by atoms with Gasteiger partial charge in [0.15, 0.2) is 0 Å². The smallest absolute Gasteiger partial charge is 0.399 e. The highest BCUT2D eigenvalue weighted by Gasteiger charge is 2.53. The molecule has 0 aliphatic carbocycles. The van der Waals surface area contributed by atoms with Crippen LogP contribution in [0, 0.1) is 11.3 Å². The molecule has 1 saturated heterocycles. The maximum absolute atomic E-state index is 9.12. The number of rotatable bonds is 1. The largest absolute Gasteiger partial charge is 0.500 e. The van der Waals surface area contributed by atoms with Crippen LogP contribution in [-0.4, -0.2) is 23.3 Å². The molecular weight excluding hydrogens is 229 g/mol. The molecule has 0 radical (unpaired) electrons. The Bertz CT molecular complexity index is 507. The van der Waals surface area contributed by atoms with E-state index in [-0.39, 0.29) is 5.82 Å². The number of nitriles is 1. The summed E-state index contributed by atoms with van der Waals surface area (Å²) in [7, 11) is -0.654. The van der Waals surface area contributed by atoms with E-state index in [9.17, 15) is 0 Å². The molecule has 0 atom stereocenters. The molecule has 1 fully saturated rings. The summed E-state index contributed by atoms with van der Waals surface area (Å²) in [6.45, 7) is 7.80. The summed E-state index contributed by atoms with van der Waals surface area (Å²) in [5.41, 5.74) is 5.84. The van der Waals surface area contributed by atoms with Gasteiger partial charge in [0, 0.05) is 11.7 Å². The maximum Gasteiger partial charge on any atom is 0.500 e. The zero-order chi connectivity index (χ0) is 13.6. The fourth-order valence-electron chi connectivity index (χ4n) is 1.80. The van der Waals surface area contributed by atoms with Crippen LogP contribution < -0.4 is 11.2 Å². The Labute approximate surface area is 107 Å². The summed E-state index contributed by atoms with van der Waals surface area (Å²) in [6, 6.07) is 3.70. The first-order chi connectivity index (χ1) is 8.28. The number of nitrogens with two attached hydrogens (primary N) is 1. The number of anilines is 1.